The summed E-state index contributed by atoms with van der Waals surface area (Å²) in [6.07, 6.45) is 2.48. The van der Waals surface area contributed by atoms with Crippen LogP contribution in [-0.4, -0.2) is 19.2 Å². The Morgan fingerprint density at radius 1 is 1.25 bits per heavy atom. The highest BCUT2D eigenvalue weighted by atomic mass is 16.5. The van der Waals surface area contributed by atoms with E-state index in [0.29, 0.717) is 6.61 Å². The largest absolute Gasteiger partial charge is 0.493 e. The number of nitrogens with zero attached hydrogens (tertiary/aromatic N) is 1. The number of hydrogen-bond acceptors (Lipinski definition) is 3. The van der Waals surface area contributed by atoms with Crippen molar-refractivity contribution in [2.24, 2.45) is 0 Å². The minimum Gasteiger partial charge on any atom is -0.493 e. The van der Waals surface area contributed by atoms with E-state index in [1.54, 1.807) is 0 Å². The average Bonchev–Trinajstić information content (AvgIpc) is 2.47. The van der Waals surface area contributed by atoms with Gasteiger partial charge in [-0.3, -0.25) is 0 Å². The molecule has 0 saturated carbocycles. The van der Waals surface area contributed by atoms with Crippen molar-refractivity contribution in [1.29, 1.82) is 5.26 Å². The second-order valence-corrected chi connectivity index (χ2v) is 5.40. The van der Waals surface area contributed by atoms with Gasteiger partial charge in [0.2, 0.25) is 0 Å². The van der Waals surface area contributed by atoms with Gasteiger partial charge in [0.15, 0.2) is 0 Å². The molecule has 0 aliphatic carbocycles. The van der Waals surface area contributed by atoms with Crippen molar-refractivity contribution in [3.05, 3.63) is 28.8 Å². The molecule has 0 radical (unpaired) electrons. The van der Waals surface area contributed by atoms with Crippen molar-refractivity contribution >= 4 is 0 Å². The molecule has 1 aromatic rings. The number of nitrogens with one attached hydrogen (secondary N) is 1. The van der Waals surface area contributed by atoms with Crippen LogP contribution in [0.1, 0.15) is 42.9 Å². The smallest absolute Gasteiger partial charge is 0.125 e. The van der Waals surface area contributed by atoms with Crippen LogP contribution < -0.4 is 10.1 Å². The Kier molecular flexibility index (Phi) is 6.04. The number of aryl methyl sites for hydroxylation is 2. The molecule has 1 unspecified atom stereocenters. The lowest BCUT2D eigenvalue weighted by atomic mass is 9.92. The highest BCUT2D eigenvalue weighted by Gasteiger charge is 2.24. The Morgan fingerprint density at radius 3 is 2.45 bits per heavy atom. The van der Waals surface area contributed by atoms with E-state index in [0.717, 1.165) is 25.0 Å². The minimum absolute atomic E-state index is 0.417. The van der Waals surface area contributed by atoms with Gasteiger partial charge in [-0.15, -0.1) is 0 Å². The fourth-order valence-electron chi connectivity index (χ4n) is 2.37. The highest BCUT2D eigenvalue weighted by Crippen LogP contribution is 2.26. The first-order valence-electron chi connectivity index (χ1n) is 7.29. The molecule has 3 heteroatoms. The molecule has 0 aliphatic rings. The molecule has 0 aromatic heterocycles. The molecule has 20 heavy (non-hydrogen) atoms. The predicted octanol–water partition coefficient (Wildman–Crippen LogP) is 3.66. The molecule has 1 aromatic carbocycles. The molecule has 3 nitrogen and oxygen atoms in total. The normalized spacial score (nSPS) is 13.6. The van der Waals surface area contributed by atoms with E-state index in [1.165, 1.54) is 16.7 Å². The first kappa shape index (κ1) is 16.5. The maximum Gasteiger partial charge on any atom is 0.125 e. The van der Waals surface area contributed by atoms with E-state index < -0.39 is 5.54 Å². The molecule has 0 fully saturated rings. The zero-order valence-electron chi connectivity index (χ0n) is 13.3. The summed E-state index contributed by atoms with van der Waals surface area (Å²) in [6, 6.07) is 6.59. The van der Waals surface area contributed by atoms with Gasteiger partial charge in [0.1, 0.15) is 11.3 Å². The zero-order valence-corrected chi connectivity index (χ0v) is 13.3. The number of rotatable bonds is 7. The van der Waals surface area contributed by atoms with Crippen LogP contribution in [0.15, 0.2) is 12.1 Å². The lowest BCUT2D eigenvalue weighted by Gasteiger charge is -2.24. The monoisotopic (exact) mass is 274 g/mol. The summed E-state index contributed by atoms with van der Waals surface area (Å²) >= 11 is 0. The van der Waals surface area contributed by atoms with Crippen LogP contribution in [0, 0.1) is 32.1 Å². The Balaban J connectivity index is 2.58. The van der Waals surface area contributed by atoms with E-state index in [9.17, 15) is 5.26 Å². The lowest BCUT2D eigenvalue weighted by molar-refractivity contribution is 0.278. The maximum atomic E-state index is 9.26. The van der Waals surface area contributed by atoms with Gasteiger partial charge in [-0.2, -0.15) is 5.26 Å². The molecule has 1 atom stereocenters. The average molecular weight is 274 g/mol. The van der Waals surface area contributed by atoms with Crippen LogP contribution in [0.25, 0.3) is 0 Å². The van der Waals surface area contributed by atoms with Gasteiger partial charge in [0.05, 0.1) is 12.7 Å². The molecule has 110 valence electrons. The number of hydrogen-bond donors (Lipinski definition) is 1. The number of nitriles is 1. The van der Waals surface area contributed by atoms with Gasteiger partial charge in [-0.1, -0.05) is 19.1 Å². The third-order valence-corrected chi connectivity index (χ3v) is 4.16. The van der Waals surface area contributed by atoms with E-state index in [4.69, 9.17) is 4.74 Å². The summed E-state index contributed by atoms with van der Waals surface area (Å²) in [5.41, 5.74) is 3.21. The third-order valence-electron chi connectivity index (χ3n) is 4.16. The molecule has 0 saturated heterocycles. The molecule has 0 bridgehead atoms. The third kappa shape index (κ3) is 3.74. The summed E-state index contributed by atoms with van der Waals surface area (Å²) in [6.45, 7) is 8.95. The Bertz CT molecular complexity index is 484. The Labute approximate surface area is 123 Å². The summed E-state index contributed by atoms with van der Waals surface area (Å²) in [4.78, 5) is 0. The topological polar surface area (TPSA) is 45.0 Å². The van der Waals surface area contributed by atoms with Crippen LogP contribution in [0.3, 0.4) is 0 Å². The van der Waals surface area contributed by atoms with E-state index in [-0.39, 0.29) is 0 Å². The standard InChI is InChI=1S/C17H26N2O/c1-6-17(12-18,19-5)10-7-11-20-16-14(3)9-8-13(2)15(16)4/h8-9,19H,6-7,10-11H2,1-5H3. The van der Waals surface area contributed by atoms with Gasteiger partial charge in [0.25, 0.3) is 0 Å². The Morgan fingerprint density at radius 2 is 1.90 bits per heavy atom. The summed E-state index contributed by atoms with van der Waals surface area (Å²) < 4.78 is 5.94. The maximum absolute atomic E-state index is 9.26. The first-order chi connectivity index (χ1) is 9.49. The molecule has 0 spiro atoms. The van der Waals surface area contributed by atoms with Gasteiger partial charge < -0.3 is 10.1 Å². The molecular weight excluding hydrogens is 248 g/mol. The number of benzene rings is 1. The second kappa shape index (κ2) is 7.31. The van der Waals surface area contributed by atoms with Crippen LogP contribution in [0.5, 0.6) is 5.75 Å². The van der Waals surface area contributed by atoms with Gasteiger partial charge >= 0.3 is 0 Å². The first-order valence-corrected chi connectivity index (χ1v) is 7.29. The molecule has 1 N–H and O–H groups in total. The molecular formula is C17H26N2O. The zero-order chi connectivity index (χ0) is 15.2. The van der Waals surface area contributed by atoms with Crippen LogP contribution in [0.2, 0.25) is 0 Å². The molecule has 1 rings (SSSR count). The van der Waals surface area contributed by atoms with Gasteiger partial charge in [-0.25, -0.2) is 0 Å². The van der Waals surface area contributed by atoms with Crippen molar-refractivity contribution in [3.63, 3.8) is 0 Å². The fourth-order valence-corrected chi connectivity index (χ4v) is 2.37. The molecule has 0 amide bonds. The van der Waals surface area contributed by atoms with Crippen LogP contribution >= 0.6 is 0 Å². The van der Waals surface area contributed by atoms with E-state index >= 15 is 0 Å². The van der Waals surface area contributed by atoms with E-state index in [2.05, 4.69) is 44.3 Å². The van der Waals surface area contributed by atoms with Gasteiger partial charge in [0, 0.05) is 0 Å². The van der Waals surface area contributed by atoms with E-state index in [1.807, 2.05) is 14.0 Å². The van der Waals surface area contributed by atoms with Crippen molar-refractivity contribution in [2.45, 2.75) is 52.5 Å². The van der Waals surface area contributed by atoms with Crippen molar-refractivity contribution in [3.8, 4) is 11.8 Å². The van der Waals surface area contributed by atoms with Crippen molar-refractivity contribution in [2.75, 3.05) is 13.7 Å². The van der Waals surface area contributed by atoms with Crippen molar-refractivity contribution in [1.82, 2.24) is 5.32 Å². The minimum atomic E-state index is -0.417. The molecule has 0 heterocycles. The van der Waals surface area contributed by atoms with Crippen LogP contribution in [0.4, 0.5) is 0 Å². The fraction of sp³-hybridized carbons (Fsp3) is 0.588. The number of ether oxygens (including phenoxy) is 1. The highest BCUT2D eigenvalue weighted by molar-refractivity contribution is 5.44. The summed E-state index contributed by atoms with van der Waals surface area (Å²) in [5.74, 6) is 0.994. The van der Waals surface area contributed by atoms with Gasteiger partial charge in [-0.05, 0) is 63.8 Å². The van der Waals surface area contributed by atoms with Crippen LogP contribution in [-0.2, 0) is 0 Å². The predicted molar refractivity (Wildman–Crippen MR) is 83.1 cm³/mol. The summed E-state index contributed by atoms with van der Waals surface area (Å²) in [7, 11) is 1.85. The second-order valence-electron chi connectivity index (χ2n) is 5.40. The SMILES string of the molecule is CCC(C#N)(CCCOc1c(C)ccc(C)c1C)NC. The Hall–Kier alpha value is -1.53. The molecule has 0 aliphatic heterocycles. The lowest BCUT2D eigenvalue weighted by Crippen LogP contribution is -2.41. The van der Waals surface area contributed by atoms with Crippen molar-refractivity contribution < 1.29 is 4.74 Å². The quantitative estimate of drug-likeness (QED) is 0.772. The summed E-state index contributed by atoms with van der Waals surface area (Å²) in [5, 5.41) is 12.4.